The third kappa shape index (κ3) is 5.33. The molecule has 0 bridgehead atoms. The Kier molecular flexibility index (Phi) is 6.37. The van der Waals surface area contributed by atoms with Crippen molar-refractivity contribution in [1.82, 2.24) is 10.2 Å². The Balaban J connectivity index is 1.29. The van der Waals surface area contributed by atoms with Crippen molar-refractivity contribution < 1.29 is 13.9 Å². The molecule has 1 N–H and O–H groups in total. The minimum atomic E-state index is -0.642. The molecule has 0 radical (unpaired) electrons. The first-order valence-electron chi connectivity index (χ1n) is 10.8. The number of amides is 1. The van der Waals surface area contributed by atoms with Gasteiger partial charge in [-0.1, -0.05) is 30.3 Å². The fourth-order valence-corrected chi connectivity index (χ4v) is 4.03. The summed E-state index contributed by atoms with van der Waals surface area (Å²) in [6.45, 7) is 6.45. The molecule has 162 valence electrons. The van der Waals surface area contributed by atoms with Crippen LogP contribution in [-0.2, 0) is 11.3 Å². The number of carbonyl (C=O) groups is 1. The van der Waals surface area contributed by atoms with Gasteiger partial charge in [0, 0.05) is 43.2 Å². The fourth-order valence-electron chi connectivity index (χ4n) is 4.03. The second kappa shape index (κ2) is 9.35. The van der Waals surface area contributed by atoms with Crippen LogP contribution in [0, 0.1) is 6.92 Å². The number of carbonyl (C=O) groups excluding carboxylic acids is 1. The smallest absolute Gasteiger partial charge is 0.336 e. The number of nitrogens with one attached hydrogen (secondary N) is 1. The van der Waals surface area contributed by atoms with E-state index in [0.29, 0.717) is 11.3 Å². The number of rotatable bonds is 6. The van der Waals surface area contributed by atoms with E-state index in [0.717, 1.165) is 43.4 Å². The molecule has 1 aliphatic heterocycles. The molecule has 2 heterocycles. The first-order chi connectivity index (χ1) is 15.0. The quantitative estimate of drug-likeness (QED) is 0.617. The van der Waals surface area contributed by atoms with Crippen molar-refractivity contribution in [3.8, 4) is 5.75 Å². The lowest BCUT2D eigenvalue weighted by atomic mass is 10.0. The van der Waals surface area contributed by atoms with Crippen molar-refractivity contribution in [1.29, 1.82) is 0 Å². The van der Waals surface area contributed by atoms with Gasteiger partial charge >= 0.3 is 5.63 Å². The SMILES string of the molecule is Cc1cc(=O)oc2cc(O[C@H](C)C(=O)NC3CCN(Cc4ccccc4)CC3)ccc12. The van der Waals surface area contributed by atoms with E-state index in [4.69, 9.17) is 9.15 Å². The molecule has 1 saturated heterocycles. The van der Waals surface area contributed by atoms with Crippen molar-refractivity contribution in [3.05, 3.63) is 76.1 Å². The highest BCUT2D eigenvalue weighted by Gasteiger charge is 2.23. The van der Waals surface area contributed by atoms with Crippen molar-refractivity contribution in [2.45, 2.75) is 45.4 Å². The molecule has 0 unspecified atom stereocenters. The number of ether oxygens (including phenoxy) is 1. The molecule has 1 fully saturated rings. The summed E-state index contributed by atoms with van der Waals surface area (Å²) in [4.78, 5) is 26.7. The Labute approximate surface area is 181 Å². The summed E-state index contributed by atoms with van der Waals surface area (Å²) in [5, 5.41) is 3.97. The molecule has 31 heavy (non-hydrogen) atoms. The maximum Gasteiger partial charge on any atom is 0.336 e. The summed E-state index contributed by atoms with van der Waals surface area (Å²) in [5.41, 5.74) is 2.23. The highest BCUT2D eigenvalue weighted by molar-refractivity contribution is 5.82. The van der Waals surface area contributed by atoms with E-state index in [1.54, 1.807) is 19.1 Å². The van der Waals surface area contributed by atoms with E-state index < -0.39 is 11.7 Å². The zero-order chi connectivity index (χ0) is 21.8. The van der Waals surface area contributed by atoms with Gasteiger partial charge in [-0.05, 0) is 49.9 Å². The molecule has 2 aromatic carbocycles. The summed E-state index contributed by atoms with van der Waals surface area (Å²) in [5.74, 6) is 0.369. The predicted octanol–water partition coefficient (Wildman–Crippen LogP) is 3.65. The van der Waals surface area contributed by atoms with Gasteiger partial charge in [0.05, 0.1) is 0 Å². The Morgan fingerprint density at radius 1 is 1.16 bits per heavy atom. The Morgan fingerprint density at radius 3 is 2.65 bits per heavy atom. The van der Waals surface area contributed by atoms with Gasteiger partial charge in [-0.15, -0.1) is 0 Å². The fraction of sp³-hybridized carbons (Fsp3) is 0.360. The number of benzene rings is 2. The summed E-state index contributed by atoms with van der Waals surface area (Å²) in [6, 6.07) is 17.4. The maximum absolute atomic E-state index is 12.6. The van der Waals surface area contributed by atoms with Crippen LogP contribution < -0.4 is 15.7 Å². The van der Waals surface area contributed by atoms with Gasteiger partial charge in [-0.25, -0.2) is 4.79 Å². The maximum atomic E-state index is 12.6. The van der Waals surface area contributed by atoms with Crippen molar-refractivity contribution >= 4 is 16.9 Å². The second-order valence-electron chi connectivity index (χ2n) is 8.21. The third-order valence-electron chi connectivity index (χ3n) is 5.79. The van der Waals surface area contributed by atoms with Crippen molar-refractivity contribution in [2.75, 3.05) is 13.1 Å². The van der Waals surface area contributed by atoms with Crippen molar-refractivity contribution in [3.63, 3.8) is 0 Å². The van der Waals surface area contributed by atoms with E-state index in [2.05, 4.69) is 34.5 Å². The van der Waals surface area contributed by atoms with E-state index in [9.17, 15) is 9.59 Å². The zero-order valence-electron chi connectivity index (χ0n) is 18.0. The van der Waals surface area contributed by atoms with Crippen LogP contribution in [0.25, 0.3) is 11.0 Å². The van der Waals surface area contributed by atoms with Crippen LogP contribution in [0.15, 0.2) is 63.8 Å². The minimum absolute atomic E-state index is 0.132. The summed E-state index contributed by atoms with van der Waals surface area (Å²) in [7, 11) is 0. The third-order valence-corrected chi connectivity index (χ3v) is 5.79. The Morgan fingerprint density at radius 2 is 1.90 bits per heavy atom. The lowest BCUT2D eigenvalue weighted by Gasteiger charge is -2.32. The summed E-state index contributed by atoms with van der Waals surface area (Å²) < 4.78 is 11.1. The van der Waals surface area contributed by atoms with E-state index in [1.807, 2.05) is 19.1 Å². The molecular formula is C25H28N2O4. The van der Waals surface area contributed by atoms with Gasteiger partial charge in [0.2, 0.25) is 0 Å². The standard InChI is InChI=1S/C25H28N2O4/c1-17-14-24(28)31-23-15-21(8-9-22(17)23)30-18(2)25(29)26-20-10-12-27(13-11-20)16-19-6-4-3-5-7-19/h3-9,14-15,18,20H,10-13,16H2,1-2H3,(H,26,29)/t18-/m1/s1. The molecule has 0 aliphatic carbocycles. The average molecular weight is 421 g/mol. The largest absolute Gasteiger partial charge is 0.481 e. The Bertz CT molecular complexity index is 1100. The van der Waals surface area contributed by atoms with Gasteiger partial charge in [-0.2, -0.15) is 0 Å². The van der Waals surface area contributed by atoms with Crippen LogP contribution in [0.3, 0.4) is 0 Å². The molecule has 1 atom stereocenters. The van der Waals surface area contributed by atoms with E-state index in [1.165, 1.54) is 11.6 Å². The molecule has 4 rings (SSSR count). The van der Waals surface area contributed by atoms with E-state index >= 15 is 0 Å². The monoisotopic (exact) mass is 420 g/mol. The number of likely N-dealkylation sites (tertiary alicyclic amines) is 1. The molecular weight excluding hydrogens is 392 g/mol. The minimum Gasteiger partial charge on any atom is -0.481 e. The molecule has 6 heteroatoms. The average Bonchev–Trinajstić information content (AvgIpc) is 2.75. The second-order valence-corrected chi connectivity index (χ2v) is 8.21. The summed E-state index contributed by atoms with van der Waals surface area (Å²) >= 11 is 0. The lowest BCUT2D eigenvalue weighted by Crippen LogP contribution is -2.47. The van der Waals surface area contributed by atoms with Crippen LogP contribution in [0.4, 0.5) is 0 Å². The van der Waals surface area contributed by atoms with Crippen LogP contribution in [0.5, 0.6) is 5.75 Å². The highest BCUT2D eigenvalue weighted by Crippen LogP contribution is 2.23. The number of hydrogen-bond donors (Lipinski definition) is 1. The van der Waals surface area contributed by atoms with Gasteiger partial charge < -0.3 is 14.5 Å². The molecule has 1 aromatic heterocycles. The zero-order valence-corrected chi connectivity index (χ0v) is 18.0. The van der Waals surface area contributed by atoms with E-state index in [-0.39, 0.29) is 11.9 Å². The molecule has 6 nitrogen and oxygen atoms in total. The van der Waals surface area contributed by atoms with Crippen molar-refractivity contribution in [2.24, 2.45) is 0 Å². The number of fused-ring (bicyclic) bond motifs is 1. The van der Waals surface area contributed by atoms with Crippen LogP contribution >= 0.6 is 0 Å². The normalized spacial score (nSPS) is 16.2. The number of piperidine rings is 1. The van der Waals surface area contributed by atoms with Gasteiger partial charge in [0.15, 0.2) is 6.10 Å². The topological polar surface area (TPSA) is 71.8 Å². The predicted molar refractivity (Wildman–Crippen MR) is 120 cm³/mol. The molecule has 1 amide bonds. The lowest BCUT2D eigenvalue weighted by molar-refractivity contribution is -0.128. The number of hydrogen-bond acceptors (Lipinski definition) is 5. The molecule has 0 saturated carbocycles. The van der Waals surface area contributed by atoms with Crippen LogP contribution in [0.2, 0.25) is 0 Å². The van der Waals surface area contributed by atoms with Crippen LogP contribution in [0.1, 0.15) is 30.9 Å². The Hall–Kier alpha value is -3.12. The van der Waals surface area contributed by atoms with Gasteiger partial charge in [0.25, 0.3) is 5.91 Å². The summed E-state index contributed by atoms with van der Waals surface area (Å²) in [6.07, 6.45) is 1.20. The van der Waals surface area contributed by atoms with Gasteiger partial charge in [-0.3, -0.25) is 9.69 Å². The molecule has 1 aliphatic rings. The first-order valence-corrected chi connectivity index (χ1v) is 10.8. The first kappa shape index (κ1) is 21.1. The highest BCUT2D eigenvalue weighted by atomic mass is 16.5. The number of nitrogens with zero attached hydrogens (tertiary/aromatic N) is 1. The molecule has 0 spiro atoms. The number of aryl methyl sites for hydroxylation is 1. The molecule has 3 aromatic rings. The van der Waals surface area contributed by atoms with Crippen LogP contribution in [-0.4, -0.2) is 36.0 Å². The van der Waals surface area contributed by atoms with Gasteiger partial charge in [0.1, 0.15) is 11.3 Å².